The quantitative estimate of drug-likeness (QED) is 0.507. The Labute approximate surface area is 191 Å². The van der Waals surface area contributed by atoms with Crippen molar-refractivity contribution in [1.29, 1.82) is 0 Å². The van der Waals surface area contributed by atoms with E-state index in [1.807, 2.05) is 29.3 Å². The molecule has 1 saturated carbocycles. The van der Waals surface area contributed by atoms with Gasteiger partial charge in [-0.1, -0.05) is 19.1 Å². The number of methoxy groups -OCH3 is 1. The first-order valence-corrected chi connectivity index (χ1v) is 11.4. The van der Waals surface area contributed by atoms with Gasteiger partial charge in [-0.25, -0.2) is 4.52 Å². The molecular formula is C25H26N6O2. The van der Waals surface area contributed by atoms with Crippen LogP contribution in [-0.4, -0.2) is 56.6 Å². The number of pyridine rings is 1. The minimum Gasteiger partial charge on any atom is -0.479 e. The lowest BCUT2D eigenvalue weighted by molar-refractivity contribution is -0.150. The number of likely N-dealkylation sites (tertiary alicyclic amines) is 1. The van der Waals surface area contributed by atoms with E-state index in [4.69, 9.17) is 4.74 Å². The predicted octanol–water partition coefficient (Wildman–Crippen LogP) is 3.77. The summed E-state index contributed by atoms with van der Waals surface area (Å²) in [5.41, 5.74) is 3.55. The van der Waals surface area contributed by atoms with E-state index in [-0.39, 0.29) is 17.4 Å². The van der Waals surface area contributed by atoms with E-state index < -0.39 is 0 Å². The number of rotatable bonds is 5. The van der Waals surface area contributed by atoms with Crippen LogP contribution in [0.15, 0.2) is 48.8 Å². The Morgan fingerprint density at radius 2 is 2.06 bits per heavy atom. The summed E-state index contributed by atoms with van der Waals surface area (Å²) in [6.45, 7) is 3.86. The van der Waals surface area contributed by atoms with E-state index in [9.17, 15) is 4.79 Å². The average molecular weight is 443 g/mol. The number of hydrogen-bond donors (Lipinski definition) is 1. The van der Waals surface area contributed by atoms with Crippen molar-refractivity contribution in [3.8, 4) is 17.0 Å². The molecule has 0 atom stereocenters. The normalized spacial score (nSPS) is 22.1. The Kier molecular flexibility index (Phi) is 4.50. The van der Waals surface area contributed by atoms with Gasteiger partial charge >= 0.3 is 0 Å². The van der Waals surface area contributed by atoms with Gasteiger partial charge in [0.25, 0.3) is 0 Å². The zero-order valence-corrected chi connectivity index (χ0v) is 18.8. The first-order chi connectivity index (χ1) is 16.0. The molecule has 2 aliphatic rings. The van der Waals surface area contributed by atoms with Gasteiger partial charge in [0.1, 0.15) is 5.52 Å². The molecule has 33 heavy (non-hydrogen) atoms. The highest BCUT2D eigenvalue weighted by Crippen LogP contribution is 2.44. The van der Waals surface area contributed by atoms with Gasteiger partial charge in [-0.2, -0.15) is 4.98 Å². The second-order valence-electron chi connectivity index (χ2n) is 9.33. The van der Waals surface area contributed by atoms with Crippen LogP contribution < -0.4 is 10.1 Å². The number of aromatic nitrogens is 4. The van der Waals surface area contributed by atoms with Crippen molar-refractivity contribution >= 4 is 28.3 Å². The van der Waals surface area contributed by atoms with E-state index in [1.165, 1.54) is 0 Å². The van der Waals surface area contributed by atoms with Crippen molar-refractivity contribution in [2.75, 3.05) is 25.5 Å². The Hall–Kier alpha value is -3.68. The summed E-state index contributed by atoms with van der Waals surface area (Å²) >= 11 is 0. The number of carbonyl (C=O) groups is 1. The van der Waals surface area contributed by atoms with Gasteiger partial charge in [0.2, 0.25) is 17.7 Å². The summed E-state index contributed by atoms with van der Waals surface area (Å²) in [7, 11) is 1.62. The van der Waals surface area contributed by atoms with Crippen LogP contribution in [0.2, 0.25) is 0 Å². The molecule has 4 heterocycles. The molecule has 0 spiro atoms. The van der Waals surface area contributed by atoms with Gasteiger partial charge in [0, 0.05) is 42.5 Å². The molecule has 4 aromatic rings. The number of benzene rings is 1. The minimum atomic E-state index is -0.280. The number of nitrogens with zero attached hydrogens (tertiary/aromatic N) is 5. The maximum Gasteiger partial charge on any atom is 0.244 e. The SMILES string of the molecule is COc1nc(NC2CC(C)(C(=O)N3CCC3)C2)nn2ccc(-c3ccc4ncccc4c3)c12. The number of nitrogens with one attached hydrogen (secondary N) is 1. The summed E-state index contributed by atoms with van der Waals surface area (Å²) in [5, 5.41) is 9.15. The van der Waals surface area contributed by atoms with Crippen LogP contribution in [0, 0.1) is 5.41 Å². The van der Waals surface area contributed by atoms with Crippen LogP contribution in [0.1, 0.15) is 26.2 Å². The summed E-state index contributed by atoms with van der Waals surface area (Å²) in [6.07, 6.45) is 6.41. The molecule has 1 amide bonds. The maximum atomic E-state index is 12.7. The first kappa shape index (κ1) is 20.0. The summed E-state index contributed by atoms with van der Waals surface area (Å²) in [4.78, 5) is 23.7. The van der Waals surface area contributed by atoms with E-state index in [0.29, 0.717) is 11.8 Å². The molecular weight excluding hydrogens is 416 g/mol. The third-order valence-corrected chi connectivity index (χ3v) is 6.97. The molecule has 1 aliphatic carbocycles. The standard InChI is InChI=1S/C25H26N6O2/c1-25(23(32)30-10-4-11-30)14-18(15-25)27-24-28-22(33-2)21-19(8-12-31(21)29-24)16-6-7-20-17(13-16)5-3-9-26-20/h3,5-9,12-13,18H,4,10-11,14-15H2,1-2H3,(H,27,29). The lowest BCUT2D eigenvalue weighted by atomic mass is 9.65. The van der Waals surface area contributed by atoms with E-state index in [2.05, 4.69) is 45.5 Å². The molecule has 0 bridgehead atoms. The molecule has 3 aromatic heterocycles. The fourth-order valence-corrected chi connectivity index (χ4v) is 5.06. The van der Waals surface area contributed by atoms with Gasteiger partial charge < -0.3 is 15.0 Å². The van der Waals surface area contributed by atoms with E-state index >= 15 is 0 Å². The van der Waals surface area contributed by atoms with Crippen molar-refractivity contribution in [2.24, 2.45) is 5.41 Å². The third-order valence-electron chi connectivity index (χ3n) is 6.97. The Morgan fingerprint density at radius 1 is 1.21 bits per heavy atom. The molecule has 1 saturated heterocycles. The van der Waals surface area contributed by atoms with Gasteiger partial charge in [-0.15, -0.1) is 5.10 Å². The van der Waals surface area contributed by atoms with Gasteiger partial charge in [0.05, 0.1) is 18.0 Å². The molecule has 1 aromatic carbocycles. The van der Waals surface area contributed by atoms with Crippen LogP contribution in [0.25, 0.3) is 27.5 Å². The fourth-order valence-electron chi connectivity index (χ4n) is 5.06. The highest BCUT2D eigenvalue weighted by atomic mass is 16.5. The second kappa shape index (κ2) is 7.43. The van der Waals surface area contributed by atoms with Crippen LogP contribution in [0.3, 0.4) is 0 Å². The minimum absolute atomic E-state index is 0.172. The Bertz CT molecular complexity index is 1370. The van der Waals surface area contributed by atoms with Crippen molar-refractivity contribution < 1.29 is 9.53 Å². The first-order valence-electron chi connectivity index (χ1n) is 11.4. The molecule has 1 aliphatic heterocycles. The van der Waals surface area contributed by atoms with Gasteiger partial charge in [-0.05, 0) is 49.1 Å². The highest BCUT2D eigenvalue weighted by molar-refractivity contribution is 5.90. The zero-order chi connectivity index (χ0) is 22.6. The summed E-state index contributed by atoms with van der Waals surface area (Å²) in [6, 6.07) is 12.4. The van der Waals surface area contributed by atoms with Crippen molar-refractivity contribution in [1.82, 2.24) is 24.5 Å². The van der Waals surface area contributed by atoms with Crippen molar-refractivity contribution in [2.45, 2.75) is 32.2 Å². The topological polar surface area (TPSA) is 84.6 Å². The molecule has 8 heteroatoms. The number of anilines is 1. The third kappa shape index (κ3) is 3.28. The van der Waals surface area contributed by atoms with Gasteiger partial charge in [0.15, 0.2) is 0 Å². The zero-order valence-electron chi connectivity index (χ0n) is 18.8. The number of carbonyl (C=O) groups excluding carboxylic acids is 1. The Morgan fingerprint density at radius 3 is 2.82 bits per heavy atom. The maximum absolute atomic E-state index is 12.7. The average Bonchev–Trinajstić information content (AvgIpc) is 3.20. The summed E-state index contributed by atoms with van der Waals surface area (Å²) < 4.78 is 7.46. The largest absolute Gasteiger partial charge is 0.479 e. The van der Waals surface area contributed by atoms with Crippen LogP contribution in [0.4, 0.5) is 5.95 Å². The summed E-state index contributed by atoms with van der Waals surface area (Å²) in [5.74, 6) is 1.30. The van der Waals surface area contributed by atoms with E-state index in [1.54, 1.807) is 17.8 Å². The molecule has 0 radical (unpaired) electrons. The molecule has 2 fully saturated rings. The number of hydrogen-bond acceptors (Lipinski definition) is 6. The predicted molar refractivity (Wildman–Crippen MR) is 126 cm³/mol. The highest BCUT2D eigenvalue weighted by Gasteiger charge is 2.49. The number of amides is 1. The molecule has 1 N–H and O–H groups in total. The van der Waals surface area contributed by atoms with Crippen molar-refractivity contribution in [3.63, 3.8) is 0 Å². The van der Waals surface area contributed by atoms with Crippen LogP contribution in [-0.2, 0) is 4.79 Å². The van der Waals surface area contributed by atoms with Crippen LogP contribution >= 0.6 is 0 Å². The lowest BCUT2D eigenvalue weighted by Crippen LogP contribution is -2.56. The van der Waals surface area contributed by atoms with E-state index in [0.717, 1.165) is 59.9 Å². The smallest absolute Gasteiger partial charge is 0.244 e. The van der Waals surface area contributed by atoms with Gasteiger partial charge in [-0.3, -0.25) is 9.78 Å². The van der Waals surface area contributed by atoms with Crippen molar-refractivity contribution in [3.05, 3.63) is 48.8 Å². The second-order valence-corrected chi connectivity index (χ2v) is 9.33. The number of ether oxygens (including phenoxy) is 1. The van der Waals surface area contributed by atoms with Crippen LogP contribution in [0.5, 0.6) is 5.88 Å². The number of fused-ring (bicyclic) bond motifs is 2. The molecule has 168 valence electrons. The molecule has 0 unspecified atom stereocenters. The Balaban J connectivity index is 1.26. The molecule has 6 rings (SSSR count). The fraction of sp³-hybridized carbons (Fsp3) is 0.360. The molecule has 8 nitrogen and oxygen atoms in total. The lowest BCUT2D eigenvalue weighted by Gasteiger charge is -2.48. The monoisotopic (exact) mass is 442 g/mol.